The van der Waals surface area contributed by atoms with Crippen molar-refractivity contribution in [3.8, 4) is 0 Å². The first-order chi connectivity index (χ1) is 11.1. The maximum absolute atomic E-state index is 11.5. The number of hydrogen-bond acceptors (Lipinski definition) is 6. The lowest BCUT2D eigenvalue weighted by Gasteiger charge is -2.35. The van der Waals surface area contributed by atoms with Gasteiger partial charge < -0.3 is 0 Å². The Kier molecular flexibility index (Phi) is 4.76. The van der Waals surface area contributed by atoms with Crippen LogP contribution in [0.2, 0.25) is 0 Å². The van der Waals surface area contributed by atoms with Crippen LogP contribution in [-0.4, -0.2) is 42.1 Å². The van der Waals surface area contributed by atoms with Crippen LogP contribution in [0.5, 0.6) is 0 Å². The smallest absolute Gasteiger partial charge is 0.264 e. The van der Waals surface area contributed by atoms with E-state index in [0.717, 1.165) is 24.5 Å². The van der Waals surface area contributed by atoms with Crippen molar-refractivity contribution in [3.05, 3.63) is 35.9 Å². The van der Waals surface area contributed by atoms with E-state index in [9.17, 15) is 16.8 Å². The molecule has 3 rings (SSSR count). The molecule has 24 heavy (non-hydrogen) atoms. The van der Waals surface area contributed by atoms with Gasteiger partial charge in [-0.15, -0.1) is 0 Å². The number of benzene rings is 1. The van der Waals surface area contributed by atoms with E-state index in [1.165, 1.54) is 0 Å². The van der Waals surface area contributed by atoms with E-state index in [2.05, 4.69) is 0 Å². The van der Waals surface area contributed by atoms with Gasteiger partial charge in [0.2, 0.25) is 0 Å². The molecule has 134 valence electrons. The van der Waals surface area contributed by atoms with Crippen LogP contribution < -0.4 is 0 Å². The highest BCUT2D eigenvalue weighted by molar-refractivity contribution is 7.86. The van der Waals surface area contributed by atoms with E-state index in [1.807, 2.05) is 30.3 Å². The number of hydrogen-bond donors (Lipinski definition) is 0. The van der Waals surface area contributed by atoms with Gasteiger partial charge in [-0.1, -0.05) is 30.3 Å². The summed E-state index contributed by atoms with van der Waals surface area (Å²) in [6, 6.07) is 9.92. The van der Waals surface area contributed by atoms with Gasteiger partial charge in [-0.2, -0.15) is 16.8 Å². The third kappa shape index (κ3) is 3.99. The molecule has 8 heteroatoms. The number of fused-ring (bicyclic) bond motifs is 2. The first-order valence-corrected chi connectivity index (χ1v) is 11.5. The summed E-state index contributed by atoms with van der Waals surface area (Å²) in [4.78, 5) is 0. The second-order valence-electron chi connectivity index (χ2n) is 6.82. The fourth-order valence-electron chi connectivity index (χ4n) is 4.39. The first kappa shape index (κ1) is 17.8. The fourth-order valence-corrected chi connectivity index (χ4v) is 5.46. The minimum Gasteiger partial charge on any atom is -0.270 e. The van der Waals surface area contributed by atoms with Gasteiger partial charge in [-0.05, 0) is 42.1 Å². The molecule has 2 aliphatic rings. The maximum atomic E-state index is 11.5. The molecule has 0 aliphatic heterocycles. The monoisotopic (exact) mass is 374 g/mol. The highest BCUT2D eigenvalue weighted by atomic mass is 32.2. The third-order valence-electron chi connectivity index (χ3n) is 5.06. The Labute approximate surface area is 143 Å². The molecule has 5 atom stereocenters. The van der Waals surface area contributed by atoms with Gasteiger partial charge in [0.1, 0.15) is 0 Å². The highest BCUT2D eigenvalue weighted by Gasteiger charge is 2.54. The van der Waals surface area contributed by atoms with Gasteiger partial charge in [0.05, 0.1) is 25.2 Å². The van der Waals surface area contributed by atoms with Crippen molar-refractivity contribution in [2.24, 2.45) is 17.8 Å². The number of rotatable bonds is 6. The van der Waals surface area contributed by atoms with Gasteiger partial charge in [0, 0.05) is 0 Å². The van der Waals surface area contributed by atoms with Crippen molar-refractivity contribution in [1.29, 1.82) is 0 Å². The zero-order valence-electron chi connectivity index (χ0n) is 13.7. The van der Waals surface area contributed by atoms with Gasteiger partial charge in [-0.3, -0.25) is 8.37 Å². The topological polar surface area (TPSA) is 86.7 Å². The first-order valence-electron chi connectivity index (χ1n) is 7.91. The van der Waals surface area contributed by atoms with Crippen LogP contribution in [0.25, 0.3) is 0 Å². The predicted octanol–water partition coefficient (Wildman–Crippen LogP) is 1.75. The molecule has 0 saturated heterocycles. The lowest BCUT2D eigenvalue weighted by molar-refractivity contribution is 0.0737. The van der Waals surface area contributed by atoms with E-state index in [-0.39, 0.29) is 30.3 Å². The second kappa shape index (κ2) is 6.40. The summed E-state index contributed by atoms with van der Waals surface area (Å²) in [7, 11) is -7.08. The van der Waals surface area contributed by atoms with Crippen molar-refractivity contribution in [1.82, 2.24) is 0 Å². The van der Waals surface area contributed by atoms with Crippen molar-refractivity contribution in [2.75, 3.05) is 19.1 Å². The van der Waals surface area contributed by atoms with Crippen molar-refractivity contribution < 1.29 is 25.2 Å². The average Bonchev–Trinajstić information content (AvgIpc) is 3.00. The molecule has 6 nitrogen and oxygen atoms in total. The Bertz CT molecular complexity index is 787. The third-order valence-corrected chi connectivity index (χ3v) is 6.23. The quantitative estimate of drug-likeness (QED) is 0.705. The fraction of sp³-hybridized carbons (Fsp3) is 0.625. The summed E-state index contributed by atoms with van der Waals surface area (Å²) in [5, 5.41) is 0. The molecule has 0 unspecified atom stereocenters. The minimum absolute atomic E-state index is 0.0170. The van der Waals surface area contributed by atoms with Crippen LogP contribution in [0.3, 0.4) is 0 Å². The Morgan fingerprint density at radius 3 is 2.25 bits per heavy atom. The van der Waals surface area contributed by atoms with Crippen LogP contribution in [0, 0.1) is 17.8 Å². The van der Waals surface area contributed by atoms with Crippen molar-refractivity contribution >= 4 is 20.2 Å². The van der Waals surface area contributed by atoms with Gasteiger partial charge in [0.25, 0.3) is 20.2 Å². The average molecular weight is 374 g/mol. The lowest BCUT2D eigenvalue weighted by atomic mass is 9.75. The Balaban J connectivity index is 1.85. The molecular formula is C16H22O6S2. The molecule has 0 aromatic heterocycles. The van der Waals surface area contributed by atoms with Crippen LogP contribution in [-0.2, 0) is 28.6 Å². The van der Waals surface area contributed by atoms with Crippen molar-refractivity contribution in [3.63, 3.8) is 0 Å². The molecule has 2 fully saturated rings. The standard InChI is InChI=1S/C16H22O6S2/c1-23(17,18)21-10-14-13-8-12(9-15(13)22-24(2,19)20)16(14)11-6-4-3-5-7-11/h3-7,12-16H,8-10H2,1-2H3/t12-,13+,14+,15+,16+/m1/s1. The zero-order valence-corrected chi connectivity index (χ0v) is 15.3. The lowest BCUT2D eigenvalue weighted by Crippen LogP contribution is -2.36. The molecule has 1 aromatic rings. The van der Waals surface area contributed by atoms with E-state index in [4.69, 9.17) is 8.37 Å². The van der Waals surface area contributed by atoms with Crippen LogP contribution >= 0.6 is 0 Å². The van der Waals surface area contributed by atoms with Gasteiger partial charge in [-0.25, -0.2) is 0 Å². The molecule has 0 heterocycles. The second-order valence-corrected chi connectivity index (χ2v) is 10.1. The molecule has 2 bridgehead atoms. The largest absolute Gasteiger partial charge is 0.270 e. The molecule has 0 spiro atoms. The predicted molar refractivity (Wildman–Crippen MR) is 89.4 cm³/mol. The van der Waals surface area contributed by atoms with E-state index >= 15 is 0 Å². The van der Waals surface area contributed by atoms with Crippen molar-refractivity contribution in [2.45, 2.75) is 24.9 Å². The molecule has 1 aromatic carbocycles. The van der Waals surface area contributed by atoms with E-state index < -0.39 is 26.3 Å². The van der Waals surface area contributed by atoms with Crippen LogP contribution in [0.1, 0.15) is 24.3 Å². The zero-order chi connectivity index (χ0) is 17.5. The normalized spacial score (nSPS) is 33.0. The van der Waals surface area contributed by atoms with E-state index in [1.54, 1.807) is 0 Å². The molecule has 0 N–H and O–H groups in total. The Hall–Kier alpha value is -0.960. The van der Waals surface area contributed by atoms with Gasteiger partial charge >= 0.3 is 0 Å². The van der Waals surface area contributed by atoms with E-state index in [0.29, 0.717) is 6.42 Å². The summed E-state index contributed by atoms with van der Waals surface area (Å²) >= 11 is 0. The molecule has 2 saturated carbocycles. The maximum Gasteiger partial charge on any atom is 0.264 e. The summed E-state index contributed by atoms with van der Waals surface area (Å²) in [5.74, 6) is 0.346. The summed E-state index contributed by atoms with van der Waals surface area (Å²) in [6.45, 7) is 0.0587. The van der Waals surface area contributed by atoms with Crippen LogP contribution in [0.15, 0.2) is 30.3 Å². The molecular weight excluding hydrogens is 352 g/mol. The Morgan fingerprint density at radius 1 is 1.00 bits per heavy atom. The highest BCUT2D eigenvalue weighted by Crippen LogP contribution is 2.57. The molecule has 2 aliphatic carbocycles. The minimum atomic E-state index is -3.55. The molecule has 0 radical (unpaired) electrons. The summed E-state index contributed by atoms with van der Waals surface area (Å²) in [6.07, 6.45) is 3.19. The van der Waals surface area contributed by atoms with Gasteiger partial charge in [0.15, 0.2) is 0 Å². The van der Waals surface area contributed by atoms with Crippen LogP contribution in [0.4, 0.5) is 0 Å². The SMILES string of the molecule is CS(=O)(=O)OC[C@H]1[C@@H]2C[C@H](C[C@@H]2OS(C)(=O)=O)[C@@H]1c1ccccc1. The molecule has 0 amide bonds. The Morgan fingerprint density at radius 2 is 1.67 bits per heavy atom. The summed E-state index contributed by atoms with van der Waals surface area (Å²) < 4.78 is 56.1. The summed E-state index contributed by atoms with van der Waals surface area (Å²) in [5.41, 5.74) is 1.14.